The maximum Gasteiger partial charge on any atom is 0.261 e. The lowest BCUT2D eigenvalue weighted by atomic mass is 9.94. The highest BCUT2D eigenvalue weighted by molar-refractivity contribution is 5.96. The Labute approximate surface area is 116 Å². The molecule has 0 saturated heterocycles. The summed E-state index contributed by atoms with van der Waals surface area (Å²) in [6.07, 6.45) is -1.21. The van der Waals surface area contributed by atoms with Gasteiger partial charge in [0.25, 0.3) is 12.3 Å². The van der Waals surface area contributed by atoms with Crippen molar-refractivity contribution in [2.45, 2.75) is 25.3 Å². The van der Waals surface area contributed by atoms with Gasteiger partial charge in [-0.2, -0.15) is 0 Å². The van der Waals surface area contributed by atoms with Gasteiger partial charge in [0.2, 0.25) is 0 Å². The van der Waals surface area contributed by atoms with Gasteiger partial charge >= 0.3 is 0 Å². The number of benzene rings is 1. The Hall–Kier alpha value is -1.53. The Bertz CT molecular complexity index is 480. The smallest absolute Gasteiger partial charge is 0.261 e. The van der Waals surface area contributed by atoms with Gasteiger partial charge in [-0.3, -0.25) is 4.79 Å². The zero-order valence-electron chi connectivity index (χ0n) is 11.1. The fourth-order valence-corrected chi connectivity index (χ4v) is 2.21. The molecule has 0 fully saturated rings. The minimum absolute atomic E-state index is 0.0887. The van der Waals surface area contributed by atoms with E-state index in [0.29, 0.717) is 18.5 Å². The minimum atomic E-state index is -2.46. The number of fused-ring (bicyclic) bond motifs is 1. The number of hydrogen-bond acceptors (Lipinski definition) is 3. The molecule has 1 aliphatic rings. The molecule has 1 aromatic rings. The molecule has 0 spiro atoms. The van der Waals surface area contributed by atoms with Gasteiger partial charge < -0.3 is 15.8 Å². The van der Waals surface area contributed by atoms with Gasteiger partial charge in [0, 0.05) is 24.8 Å². The lowest BCUT2D eigenvalue weighted by molar-refractivity contribution is 0.0152. The highest BCUT2D eigenvalue weighted by atomic mass is 19.3. The van der Waals surface area contributed by atoms with E-state index in [1.165, 1.54) is 0 Å². The molecule has 1 amide bonds. The number of nitrogens with two attached hydrogens (primary N) is 1. The van der Waals surface area contributed by atoms with Crippen molar-refractivity contribution in [3.05, 3.63) is 34.9 Å². The summed E-state index contributed by atoms with van der Waals surface area (Å²) >= 11 is 0. The Balaban J connectivity index is 1.95. The van der Waals surface area contributed by atoms with Gasteiger partial charge in [0.15, 0.2) is 0 Å². The number of hydrogen-bond donors (Lipinski definition) is 2. The second-order valence-electron chi connectivity index (χ2n) is 4.78. The van der Waals surface area contributed by atoms with Crippen LogP contribution in [-0.4, -0.2) is 32.1 Å². The van der Waals surface area contributed by atoms with Crippen molar-refractivity contribution >= 4 is 5.91 Å². The van der Waals surface area contributed by atoms with Crippen LogP contribution in [0.25, 0.3) is 0 Å². The number of carbonyl (C=O) groups excluding carboxylic acids is 1. The van der Waals surface area contributed by atoms with E-state index in [4.69, 9.17) is 10.5 Å². The van der Waals surface area contributed by atoms with Crippen LogP contribution in [0.5, 0.6) is 0 Å². The number of nitrogens with one attached hydrogen (secondary N) is 1. The summed E-state index contributed by atoms with van der Waals surface area (Å²) in [6.45, 7) is 0.257. The molecule has 1 unspecified atom stereocenters. The van der Waals surface area contributed by atoms with E-state index in [2.05, 4.69) is 5.32 Å². The first kappa shape index (κ1) is 14.9. The normalized spacial score (nSPS) is 15.9. The van der Waals surface area contributed by atoms with Crippen molar-refractivity contribution in [3.63, 3.8) is 0 Å². The lowest BCUT2D eigenvalue weighted by Gasteiger charge is -2.19. The van der Waals surface area contributed by atoms with Crippen molar-refractivity contribution in [3.8, 4) is 0 Å². The fraction of sp³-hybridized carbons (Fsp3) is 0.500. The van der Waals surface area contributed by atoms with E-state index >= 15 is 0 Å². The number of ether oxygens (including phenoxy) is 1. The molecule has 1 atom stereocenters. The number of halogens is 2. The van der Waals surface area contributed by atoms with Gasteiger partial charge in [-0.1, -0.05) is 12.1 Å². The van der Waals surface area contributed by atoms with E-state index < -0.39 is 13.0 Å². The average molecular weight is 284 g/mol. The van der Waals surface area contributed by atoms with Crippen LogP contribution in [0.1, 0.15) is 33.9 Å². The molecule has 0 saturated carbocycles. The zero-order chi connectivity index (χ0) is 14.5. The molecule has 4 nitrogen and oxygen atoms in total. The third kappa shape index (κ3) is 3.74. The molecule has 6 heteroatoms. The second-order valence-corrected chi connectivity index (χ2v) is 4.78. The summed E-state index contributed by atoms with van der Waals surface area (Å²) in [5, 5.41) is 2.78. The Morgan fingerprint density at radius 2 is 2.20 bits per heavy atom. The third-order valence-corrected chi connectivity index (χ3v) is 3.30. The molecule has 0 aromatic heterocycles. The van der Waals surface area contributed by atoms with Crippen LogP contribution in [0.3, 0.4) is 0 Å². The molecule has 0 radical (unpaired) electrons. The molecule has 20 heavy (non-hydrogen) atoms. The van der Waals surface area contributed by atoms with Crippen LogP contribution in [0, 0.1) is 0 Å². The maximum atomic E-state index is 11.9. The first-order valence-electron chi connectivity index (χ1n) is 6.60. The highest BCUT2D eigenvalue weighted by Gasteiger charge is 2.18. The standard InChI is InChI=1S/C14H18F2N2O2/c15-13(16)8-20-6-4-12(17)10-2-1-9-3-5-18-14(19)11(9)7-10/h1-2,7,12-13H,3-6,8,17H2,(H,18,19). The van der Waals surface area contributed by atoms with Crippen LogP contribution in [0.4, 0.5) is 8.78 Å². The topological polar surface area (TPSA) is 64.3 Å². The Morgan fingerprint density at radius 3 is 2.95 bits per heavy atom. The van der Waals surface area contributed by atoms with E-state index in [9.17, 15) is 13.6 Å². The SMILES string of the molecule is NC(CCOCC(F)F)c1ccc2c(c1)C(=O)NCC2. The van der Waals surface area contributed by atoms with Gasteiger partial charge in [-0.05, 0) is 30.0 Å². The number of alkyl halides is 2. The summed E-state index contributed by atoms with van der Waals surface area (Å²) in [5.41, 5.74) is 8.48. The Morgan fingerprint density at radius 1 is 1.40 bits per heavy atom. The maximum absolute atomic E-state index is 11.9. The van der Waals surface area contributed by atoms with Crippen molar-refractivity contribution in [1.29, 1.82) is 0 Å². The predicted octanol–water partition coefficient (Wildman–Crippen LogP) is 1.64. The van der Waals surface area contributed by atoms with E-state index in [1.807, 2.05) is 12.1 Å². The summed E-state index contributed by atoms with van der Waals surface area (Å²) in [7, 11) is 0. The Kier molecular flexibility index (Phi) is 5.03. The monoisotopic (exact) mass is 284 g/mol. The van der Waals surface area contributed by atoms with Crippen molar-refractivity contribution in [2.75, 3.05) is 19.8 Å². The average Bonchev–Trinajstić information content (AvgIpc) is 2.43. The zero-order valence-corrected chi connectivity index (χ0v) is 11.1. The molecule has 0 bridgehead atoms. The molecule has 2 rings (SSSR count). The molecule has 3 N–H and O–H groups in total. The number of carbonyl (C=O) groups is 1. The lowest BCUT2D eigenvalue weighted by Crippen LogP contribution is -2.32. The molecule has 1 aliphatic heterocycles. The van der Waals surface area contributed by atoms with Crippen LogP contribution < -0.4 is 11.1 Å². The van der Waals surface area contributed by atoms with Crippen LogP contribution in [0.2, 0.25) is 0 Å². The number of amides is 1. The van der Waals surface area contributed by atoms with Gasteiger partial charge in [-0.25, -0.2) is 8.78 Å². The summed E-state index contributed by atoms with van der Waals surface area (Å²) in [6, 6.07) is 5.24. The fourth-order valence-electron chi connectivity index (χ4n) is 2.21. The van der Waals surface area contributed by atoms with Crippen molar-refractivity contribution in [1.82, 2.24) is 5.32 Å². The molecular formula is C14H18F2N2O2. The van der Waals surface area contributed by atoms with Crippen molar-refractivity contribution in [2.24, 2.45) is 5.73 Å². The molecule has 1 aromatic carbocycles. The second kappa shape index (κ2) is 6.76. The van der Waals surface area contributed by atoms with Gasteiger partial charge in [-0.15, -0.1) is 0 Å². The van der Waals surface area contributed by atoms with Crippen LogP contribution >= 0.6 is 0 Å². The molecule has 0 aliphatic carbocycles. The molecule has 110 valence electrons. The van der Waals surface area contributed by atoms with E-state index in [-0.39, 0.29) is 18.6 Å². The van der Waals surface area contributed by atoms with Crippen molar-refractivity contribution < 1.29 is 18.3 Å². The molecule has 1 heterocycles. The van der Waals surface area contributed by atoms with Gasteiger partial charge in [0.05, 0.1) is 0 Å². The largest absolute Gasteiger partial charge is 0.375 e. The highest BCUT2D eigenvalue weighted by Crippen LogP contribution is 2.21. The predicted molar refractivity (Wildman–Crippen MR) is 70.8 cm³/mol. The molecular weight excluding hydrogens is 266 g/mol. The minimum Gasteiger partial charge on any atom is -0.375 e. The third-order valence-electron chi connectivity index (χ3n) is 3.30. The van der Waals surface area contributed by atoms with E-state index in [0.717, 1.165) is 17.5 Å². The quantitative estimate of drug-likeness (QED) is 0.781. The summed E-state index contributed by atoms with van der Waals surface area (Å²) in [5.74, 6) is -0.0887. The van der Waals surface area contributed by atoms with E-state index in [1.54, 1.807) is 6.07 Å². The van der Waals surface area contributed by atoms with Crippen LogP contribution in [-0.2, 0) is 11.2 Å². The summed E-state index contributed by atoms with van der Waals surface area (Å²) < 4.78 is 28.6. The first-order valence-corrected chi connectivity index (χ1v) is 6.60. The van der Waals surface area contributed by atoms with Crippen LogP contribution in [0.15, 0.2) is 18.2 Å². The number of rotatable bonds is 6. The summed E-state index contributed by atoms with van der Waals surface area (Å²) in [4.78, 5) is 11.7. The van der Waals surface area contributed by atoms with Gasteiger partial charge in [0.1, 0.15) is 6.61 Å². The first-order chi connectivity index (χ1) is 9.58.